The maximum Gasteiger partial charge on any atom is 0.246 e. The first-order valence-corrected chi connectivity index (χ1v) is 9.05. The van der Waals surface area contributed by atoms with Crippen LogP contribution in [-0.4, -0.2) is 42.7 Å². The van der Waals surface area contributed by atoms with Crippen molar-refractivity contribution in [3.63, 3.8) is 0 Å². The van der Waals surface area contributed by atoms with Crippen molar-refractivity contribution in [3.8, 4) is 5.75 Å². The minimum atomic E-state index is -3.51. The molecule has 0 saturated carbocycles. The van der Waals surface area contributed by atoms with Crippen molar-refractivity contribution in [3.05, 3.63) is 42.2 Å². The molecule has 0 unspecified atom stereocenters. The third-order valence-corrected chi connectivity index (χ3v) is 6.12. The number of para-hydroxylation sites is 1. The van der Waals surface area contributed by atoms with Gasteiger partial charge in [-0.15, -0.1) is 0 Å². The Hall–Kier alpha value is -1.86. The van der Waals surface area contributed by atoms with Crippen molar-refractivity contribution in [2.45, 2.75) is 17.7 Å². The Kier molecular flexibility index (Phi) is 4.41. The van der Waals surface area contributed by atoms with Crippen LogP contribution in [-0.2, 0) is 23.5 Å². The maximum absolute atomic E-state index is 12.8. The maximum atomic E-state index is 12.8. The monoisotopic (exact) mass is 335 g/mol. The molecule has 2 aromatic rings. The van der Waals surface area contributed by atoms with E-state index in [2.05, 4.69) is 5.10 Å². The number of benzene rings is 1. The Morgan fingerprint density at radius 3 is 2.83 bits per heavy atom. The van der Waals surface area contributed by atoms with E-state index in [4.69, 9.17) is 4.74 Å². The smallest absolute Gasteiger partial charge is 0.246 e. The molecule has 6 nitrogen and oxygen atoms in total. The van der Waals surface area contributed by atoms with Crippen LogP contribution in [0.4, 0.5) is 0 Å². The summed E-state index contributed by atoms with van der Waals surface area (Å²) in [5.41, 5.74) is 1.15. The highest BCUT2D eigenvalue weighted by atomic mass is 32.2. The normalized spacial score (nSPS) is 19.1. The molecule has 1 aliphatic heterocycles. The highest BCUT2D eigenvalue weighted by Gasteiger charge is 2.34. The van der Waals surface area contributed by atoms with Crippen LogP contribution < -0.4 is 4.74 Å². The Morgan fingerprint density at radius 2 is 2.13 bits per heavy atom. The van der Waals surface area contributed by atoms with Crippen molar-refractivity contribution >= 4 is 10.0 Å². The second-order valence-electron chi connectivity index (χ2n) is 5.89. The van der Waals surface area contributed by atoms with Gasteiger partial charge in [-0.2, -0.15) is 9.40 Å². The lowest BCUT2D eigenvalue weighted by Crippen LogP contribution is -2.29. The number of methoxy groups -OCH3 is 1. The Balaban J connectivity index is 1.75. The first-order chi connectivity index (χ1) is 11.0. The van der Waals surface area contributed by atoms with Gasteiger partial charge in [0.05, 0.1) is 13.3 Å². The minimum Gasteiger partial charge on any atom is -0.495 e. The van der Waals surface area contributed by atoms with Crippen molar-refractivity contribution in [1.82, 2.24) is 14.1 Å². The summed E-state index contributed by atoms with van der Waals surface area (Å²) < 4.78 is 34.2. The fourth-order valence-corrected chi connectivity index (χ4v) is 4.75. The van der Waals surface area contributed by atoms with Crippen LogP contribution in [0.25, 0.3) is 0 Å². The number of nitrogens with zero attached hydrogens (tertiary/aromatic N) is 3. The lowest BCUT2D eigenvalue weighted by Gasteiger charge is -2.18. The van der Waals surface area contributed by atoms with Gasteiger partial charge in [0.1, 0.15) is 10.6 Å². The lowest BCUT2D eigenvalue weighted by molar-refractivity contribution is 0.397. The Labute approximate surface area is 136 Å². The zero-order valence-electron chi connectivity index (χ0n) is 13.3. The molecule has 0 aliphatic carbocycles. The van der Waals surface area contributed by atoms with Crippen molar-refractivity contribution in [2.24, 2.45) is 13.0 Å². The van der Waals surface area contributed by atoms with Gasteiger partial charge in [0.25, 0.3) is 0 Å². The summed E-state index contributed by atoms with van der Waals surface area (Å²) >= 11 is 0. The second kappa shape index (κ2) is 6.33. The van der Waals surface area contributed by atoms with Gasteiger partial charge >= 0.3 is 0 Å². The summed E-state index contributed by atoms with van der Waals surface area (Å²) in [4.78, 5) is 0.240. The fourth-order valence-electron chi connectivity index (χ4n) is 3.06. The number of rotatable bonds is 5. The van der Waals surface area contributed by atoms with Crippen LogP contribution in [0.1, 0.15) is 12.0 Å². The van der Waals surface area contributed by atoms with E-state index in [0.29, 0.717) is 24.8 Å². The number of hydrogen-bond donors (Lipinski definition) is 0. The third kappa shape index (κ3) is 3.25. The van der Waals surface area contributed by atoms with Crippen molar-refractivity contribution in [2.75, 3.05) is 20.2 Å². The predicted octanol–water partition coefficient (Wildman–Crippen LogP) is 1.68. The van der Waals surface area contributed by atoms with E-state index in [-0.39, 0.29) is 4.90 Å². The molecule has 0 spiro atoms. The number of ether oxygens (including phenoxy) is 1. The molecule has 1 atom stereocenters. The van der Waals surface area contributed by atoms with Crippen LogP contribution in [0.5, 0.6) is 5.75 Å². The average Bonchev–Trinajstić information content (AvgIpc) is 3.17. The summed E-state index contributed by atoms with van der Waals surface area (Å²) in [7, 11) is -0.139. The van der Waals surface area contributed by atoms with E-state index >= 15 is 0 Å². The third-order valence-electron chi connectivity index (χ3n) is 4.22. The summed E-state index contributed by atoms with van der Waals surface area (Å²) in [6.07, 6.45) is 5.55. The van der Waals surface area contributed by atoms with Crippen molar-refractivity contribution < 1.29 is 13.2 Å². The summed E-state index contributed by atoms with van der Waals surface area (Å²) in [5.74, 6) is 0.715. The minimum absolute atomic E-state index is 0.240. The summed E-state index contributed by atoms with van der Waals surface area (Å²) in [5, 5.41) is 4.17. The topological polar surface area (TPSA) is 64.4 Å². The molecule has 1 aromatic heterocycles. The van der Waals surface area contributed by atoms with Crippen LogP contribution >= 0.6 is 0 Å². The van der Waals surface area contributed by atoms with Crippen molar-refractivity contribution in [1.29, 1.82) is 0 Å². The van der Waals surface area contributed by atoms with Gasteiger partial charge in [-0.25, -0.2) is 8.42 Å². The lowest BCUT2D eigenvalue weighted by atomic mass is 10.0. The molecular weight excluding hydrogens is 314 g/mol. The molecule has 1 fully saturated rings. The van der Waals surface area contributed by atoms with E-state index in [0.717, 1.165) is 18.4 Å². The summed E-state index contributed by atoms with van der Waals surface area (Å²) in [6, 6.07) is 6.77. The molecule has 0 amide bonds. The Bertz CT molecular complexity index is 785. The molecule has 1 aromatic carbocycles. The van der Waals surface area contributed by atoms with E-state index in [1.807, 2.05) is 19.4 Å². The molecule has 124 valence electrons. The fraction of sp³-hybridized carbons (Fsp3) is 0.438. The zero-order valence-corrected chi connectivity index (χ0v) is 14.2. The molecule has 23 heavy (non-hydrogen) atoms. The summed E-state index contributed by atoms with van der Waals surface area (Å²) in [6.45, 7) is 1.08. The second-order valence-corrected chi connectivity index (χ2v) is 7.80. The predicted molar refractivity (Wildman–Crippen MR) is 86.8 cm³/mol. The Morgan fingerprint density at radius 1 is 1.35 bits per heavy atom. The quantitative estimate of drug-likeness (QED) is 0.834. The van der Waals surface area contributed by atoms with Crippen LogP contribution in [0.15, 0.2) is 41.6 Å². The molecular formula is C16H21N3O3S. The van der Waals surface area contributed by atoms with Gasteiger partial charge in [0.15, 0.2) is 0 Å². The first kappa shape index (κ1) is 16.0. The first-order valence-electron chi connectivity index (χ1n) is 7.61. The van der Waals surface area contributed by atoms with E-state index in [1.165, 1.54) is 7.11 Å². The number of aryl methyl sites for hydroxylation is 1. The van der Waals surface area contributed by atoms with Gasteiger partial charge in [-0.05, 0) is 36.5 Å². The van der Waals surface area contributed by atoms with E-state index in [1.54, 1.807) is 33.3 Å². The van der Waals surface area contributed by atoms with Gasteiger partial charge in [-0.3, -0.25) is 4.68 Å². The number of hydrogen-bond acceptors (Lipinski definition) is 4. The van der Waals surface area contributed by atoms with Crippen LogP contribution in [0.3, 0.4) is 0 Å². The SMILES string of the molecule is COc1ccccc1S(=O)(=O)N1CC[C@H](Cc2cnn(C)c2)C1. The van der Waals surface area contributed by atoms with Gasteiger partial charge in [0.2, 0.25) is 10.0 Å². The van der Waals surface area contributed by atoms with E-state index < -0.39 is 10.0 Å². The molecule has 1 saturated heterocycles. The molecule has 3 rings (SSSR count). The highest BCUT2D eigenvalue weighted by Crippen LogP contribution is 2.30. The zero-order chi connectivity index (χ0) is 16.4. The highest BCUT2D eigenvalue weighted by molar-refractivity contribution is 7.89. The van der Waals surface area contributed by atoms with Crippen LogP contribution in [0, 0.1) is 5.92 Å². The van der Waals surface area contributed by atoms with Gasteiger partial charge in [0, 0.05) is 26.3 Å². The van der Waals surface area contributed by atoms with Gasteiger partial charge < -0.3 is 4.74 Å². The molecule has 2 heterocycles. The molecule has 1 aliphatic rings. The molecule has 0 radical (unpaired) electrons. The number of sulfonamides is 1. The average molecular weight is 335 g/mol. The number of aromatic nitrogens is 2. The van der Waals surface area contributed by atoms with Crippen LogP contribution in [0.2, 0.25) is 0 Å². The standard InChI is InChI=1S/C16H21N3O3S/c1-18-11-14(10-17-18)9-13-7-8-19(12-13)23(20,21)16-6-4-3-5-15(16)22-2/h3-6,10-11,13H,7-9,12H2,1-2H3/t13-/m1/s1. The molecule has 7 heteroatoms. The molecule has 0 bridgehead atoms. The largest absolute Gasteiger partial charge is 0.495 e. The van der Waals surface area contributed by atoms with Gasteiger partial charge in [-0.1, -0.05) is 12.1 Å². The van der Waals surface area contributed by atoms with E-state index in [9.17, 15) is 8.42 Å². The molecule has 0 N–H and O–H groups in total.